The number of thioether (sulfide) groups is 1. The summed E-state index contributed by atoms with van der Waals surface area (Å²) in [5.41, 5.74) is 2.57. The largest absolute Gasteiger partial charge is 0.493 e. The third-order valence-electron chi connectivity index (χ3n) is 4.95. The number of nitrogens with zero attached hydrogens (tertiary/aromatic N) is 2. The van der Waals surface area contributed by atoms with Crippen LogP contribution in [0.25, 0.3) is 6.08 Å². The monoisotopic (exact) mass is 559 g/mol. The van der Waals surface area contributed by atoms with Gasteiger partial charge in [0.2, 0.25) is 0 Å². The van der Waals surface area contributed by atoms with Crippen LogP contribution in [0.2, 0.25) is 0 Å². The summed E-state index contributed by atoms with van der Waals surface area (Å²) in [6, 6.07) is 11.2. The minimum atomic E-state index is -0.285. The lowest BCUT2D eigenvalue weighted by atomic mass is 10.1. The Morgan fingerprint density at radius 3 is 2.49 bits per heavy atom. The molecule has 1 heterocycles. The van der Waals surface area contributed by atoms with E-state index in [-0.39, 0.29) is 30.5 Å². The predicted octanol–water partition coefficient (Wildman–Crippen LogP) is 5.87. The average molecular weight is 561 g/mol. The van der Waals surface area contributed by atoms with Crippen molar-refractivity contribution in [3.63, 3.8) is 0 Å². The smallest absolute Gasteiger partial charge is 0.266 e. The summed E-state index contributed by atoms with van der Waals surface area (Å²) in [4.78, 5) is 32.3. The quantitative estimate of drug-likeness (QED) is 0.409. The maximum atomic E-state index is 13.0. The summed E-state index contributed by atoms with van der Waals surface area (Å²) in [5, 5.41) is 3.51. The maximum Gasteiger partial charge on any atom is 0.266 e. The molecule has 0 spiro atoms. The van der Waals surface area contributed by atoms with Crippen molar-refractivity contribution in [3.8, 4) is 11.5 Å². The Balaban J connectivity index is 1.78. The Bertz CT molecular complexity index is 1160. The minimum absolute atomic E-state index is 0.00139. The molecule has 0 radical (unpaired) electrons. The molecule has 2 amide bonds. The molecule has 0 bridgehead atoms. The lowest BCUT2D eigenvalue weighted by Crippen LogP contribution is -2.35. The van der Waals surface area contributed by atoms with Gasteiger partial charge in [-0.15, -0.1) is 0 Å². The lowest BCUT2D eigenvalue weighted by molar-refractivity contribution is -0.123. The number of hydrogen-bond acceptors (Lipinski definition) is 6. The number of anilines is 1. The van der Waals surface area contributed by atoms with Crippen molar-refractivity contribution >= 4 is 56.4 Å². The average Bonchev–Trinajstić information content (AvgIpc) is 3.08. The number of aryl methyl sites for hydroxylation is 1. The number of benzene rings is 2. The van der Waals surface area contributed by atoms with Gasteiger partial charge in [-0.2, -0.15) is 0 Å². The van der Waals surface area contributed by atoms with Gasteiger partial charge in [-0.25, -0.2) is 0 Å². The van der Waals surface area contributed by atoms with E-state index in [1.807, 2.05) is 71.0 Å². The highest BCUT2D eigenvalue weighted by atomic mass is 79.9. The summed E-state index contributed by atoms with van der Waals surface area (Å²) in [7, 11) is 1.53. The number of hydrogen-bond donors (Lipinski definition) is 1. The Morgan fingerprint density at radius 2 is 1.89 bits per heavy atom. The first-order valence-electron chi connectivity index (χ1n) is 11.3. The van der Waals surface area contributed by atoms with E-state index in [4.69, 9.17) is 9.47 Å². The van der Waals surface area contributed by atoms with E-state index in [9.17, 15) is 9.59 Å². The third kappa shape index (κ3) is 6.89. The van der Waals surface area contributed by atoms with E-state index in [0.717, 1.165) is 11.1 Å². The van der Waals surface area contributed by atoms with Crippen molar-refractivity contribution in [2.45, 2.75) is 46.7 Å². The fraction of sp³-hybridized carbons (Fsp3) is 0.346. The molecule has 35 heavy (non-hydrogen) atoms. The van der Waals surface area contributed by atoms with Crippen LogP contribution in [-0.4, -0.2) is 47.7 Å². The van der Waals surface area contributed by atoms with E-state index in [2.05, 4.69) is 26.2 Å². The summed E-state index contributed by atoms with van der Waals surface area (Å²) in [6.45, 7) is 9.71. The number of carbonyl (C=O) groups is 2. The van der Waals surface area contributed by atoms with Crippen molar-refractivity contribution < 1.29 is 19.1 Å². The molecule has 1 saturated heterocycles. The fourth-order valence-electron chi connectivity index (χ4n) is 3.34. The molecule has 3 rings (SSSR count). The molecule has 1 aliphatic heterocycles. The van der Waals surface area contributed by atoms with Crippen LogP contribution in [0.3, 0.4) is 0 Å². The summed E-state index contributed by atoms with van der Waals surface area (Å²) in [5.74, 6) is 0.492. The van der Waals surface area contributed by atoms with Gasteiger partial charge in [0.1, 0.15) is 0 Å². The molecule has 9 heteroatoms. The van der Waals surface area contributed by atoms with Crippen LogP contribution in [0.5, 0.6) is 11.5 Å². The van der Waals surface area contributed by atoms with Gasteiger partial charge in [0.05, 0.1) is 16.5 Å². The topological polar surface area (TPSA) is 80.2 Å². The number of nitrogens with one attached hydrogen (secondary N) is 1. The highest BCUT2D eigenvalue weighted by Gasteiger charge is 2.35. The zero-order chi connectivity index (χ0) is 25.7. The number of aliphatic imine (C=N–C) groups is 1. The molecule has 2 aromatic rings. The number of carbonyl (C=O) groups excluding carboxylic acids is 2. The number of amidine groups is 1. The Kier molecular flexibility index (Phi) is 9.02. The number of amides is 2. The minimum Gasteiger partial charge on any atom is -0.493 e. The van der Waals surface area contributed by atoms with Gasteiger partial charge in [-0.05, 0) is 98.2 Å². The van der Waals surface area contributed by atoms with Crippen molar-refractivity contribution in [1.82, 2.24) is 4.90 Å². The molecule has 186 valence electrons. The third-order valence-corrected chi connectivity index (χ3v) is 6.54. The van der Waals surface area contributed by atoms with E-state index in [1.54, 1.807) is 11.0 Å². The normalized spacial score (nSPS) is 16.0. The Hall–Kier alpha value is -2.78. The lowest BCUT2D eigenvalue weighted by Gasteiger charge is -2.20. The van der Waals surface area contributed by atoms with Gasteiger partial charge < -0.3 is 14.8 Å². The number of ether oxygens (including phenoxy) is 2. The standard InChI is InChI=1S/C26H30BrN3O4S/c1-15(2)28-26-30(16(3)4)25(32)22(35-26)13-18-11-20(27)24(21(12-18)33-6)34-14-23(31)29-19-9-7-17(5)8-10-19/h7-13,15-16H,14H2,1-6H3,(H,29,31)/b22-13+,28-26?. The summed E-state index contributed by atoms with van der Waals surface area (Å²) < 4.78 is 11.9. The van der Waals surface area contributed by atoms with Crippen LogP contribution < -0.4 is 14.8 Å². The van der Waals surface area contributed by atoms with Crippen molar-refractivity contribution in [2.75, 3.05) is 19.0 Å². The van der Waals surface area contributed by atoms with Crippen molar-refractivity contribution in [2.24, 2.45) is 4.99 Å². The van der Waals surface area contributed by atoms with Gasteiger partial charge in [-0.1, -0.05) is 17.7 Å². The van der Waals surface area contributed by atoms with Crippen LogP contribution >= 0.6 is 27.7 Å². The number of halogens is 1. The molecule has 7 nitrogen and oxygen atoms in total. The van der Waals surface area contributed by atoms with E-state index >= 15 is 0 Å². The predicted molar refractivity (Wildman–Crippen MR) is 146 cm³/mol. The first-order valence-corrected chi connectivity index (χ1v) is 12.9. The molecular formula is C26H30BrN3O4S. The highest BCUT2D eigenvalue weighted by Crippen LogP contribution is 2.39. The van der Waals surface area contributed by atoms with Crippen LogP contribution in [0, 0.1) is 6.92 Å². The van der Waals surface area contributed by atoms with Crippen LogP contribution in [0.1, 0.15) is 38.8 Å². The zero-order valence-corrected chi connectivity index (χ0v) is 23.1. The summed E-state index contributed by atoms with van der Waals surface area (Å²) >= 11 is 4.88. The molecule has 2 aromatic carbocycles. The van der Waals surface area contributed by atoms with Crippen molar-refractivity contribution in [1.29, 1.82) is 0 Å². The number of rotatable bonds is 8. The first kappa shape index (κ1) is 26.8. The molecule has 0 saturated carbocycles. The highest BCUT2D eigenvalue weighted by molar-refractivity contribution is 9.10. The van der Waals surface area contributed by atoms with Gasteiger partial charge >= 0.3 is 0 Å². The maximum absolute atomic E-state index is 13.0. The summed E-state index contributed by atoms with van der Waals surface area (Å²) in [6.07, 6.45) is 1.81. The molecular weight excluding hydrogens is 530 g/mol. The van der Waals surface area contributed by atoms with Crippen LogP contribution in [0.15, 0.2) is 50.8 Å². The van der Waals surface area contributed by atoms with Gasteiger partial charge in [0.25, 0.3) is 11.8 Å². The molecule has 0 aromatic heterocycles. The second-order valence-corrected chi connectivity index (χ2v) is 10.5. The van der Waals surface area contributed by atoms with E-state index in [1.165, 1.54) is 18.9 Å². The first-order chi connectivity index (χ1) is 16.6. The zero-order valence-electron chi connectivity index (χ0n) is 20.7. The fourth-order valence-corrected chi connectivity index (χ4v) is 5.15. The van der Waals surface area contributed by atoms with Crippen molar-refractivity contribution in [3.05, 3.63) is 56.9 Å². The molecule has 1 N–H and O–H groups in total. The van der Waals surface area contributed by atoms with Gasteiger partial charge in [-0.3, -0.25) is 19.5 Å². The molecule has 0 atom stereocenters. The molecule has 0 unspecified atom stereocenters. The van der Waals surface area contributed by atoms with E-state index in [0.29, 0.717) is 31.7 Å². The van der Waals surface area contributed by atoms with Crippen LogP contribution in [-0.2, 0) is 9.59 Å². The SMILES string of the molecule is COc1cc(/C=C2/SC(=NC(C)C)N(C(C)C)C2=O)cc(Br)c1OCC(=O)Nc1ccc(C)cc1. The van der Waals surface area contributed by atoms with Gasteiger partial charge in [0, 0.05) is 17.8 Å². The molecule has 0 aliphatic carbocycles. The Morgan fingerprint density at radius 1 is 1.20 bits per heavy atom. The molecule has 1 aliphatic rings. The van der Waals surface area contributed by atoms with Gasteiger partial charge in [0.15, 0.2) is 23.3 Å². The van der Waals surface area contributed by atoms with E-state index < -0.39 is 0 Å². The van der Waals surface area contributed by atoms with Crippen LogP contribution in [0.4, 0.5) is 5.69 Å². The Labute approximate surface area is 219 Å². The molecule has 1 fully saturated rings. The number of methoxy groups -OCH3 is 1. The second-order valence-electron chi connectivity index (χ2n) is 8.62. The second kappa shape index (κ2) is 11.8.